The first-order valence-corrected chi connectivity index (χ1v) is 8.52. The van der Waals surface area contributed by atoms with Crippen LogP contribution in [-0.2, 0) is 4.79 Å². The van der Waals surface area contributed by atoms with Crippen LogP contribution in [0.5, 0.6) is 0 Å². The maximum absolute atomic E-state index is 12.6. The molecule has 136 valence electrons. The van der Waals surface area contributed by atoms with E-state index < -0.39 is 4.92 Å². The van der Waals surface area contributed by atoms with Gasteiger partial charge >= 0.3 is 0 Å². The zero-order valence-electron chi connectivity index (χ0n) is 14.3. The maximum atomic E-state index is 12.6. The molecule has 9 heteroatoms. The Morgan fingerprint density at radius 3 is 2.52 bits per heavy atom. The van der Waals surface area contributed by atoms with Crippen LogP contribution in [0.1, 0.15) is 24.2 Å². The molecule has 2 rings (SSSR count). The van der Waals surface area contributed by atoms with Crippen LogP contribution in [-0.4, -0.2) is 60.4 Å². The molecule has 8 nitrogen and oxygen atoms in total. The van der Waals surface area contributed by atoms with Crippen LogP contribution in [0.2, 0.25) is 5.02 Å². The van der Waals surface area contributed by atoms with Crippen molar-refractivity contribution >= 4 is 29.1 Å². The molecule has 1 fully saturated rings. The number of nitro groups is 1. The first-order chi connectivity index (χ1) is 11.8. The molecular formula is C16H22ClN4O4+. The second-order valence-corrected chi connectivity index (χ2v) is 6.77. The van der Waals surface area contributed by atoms with E-state index >= 15 is 0 Å². The number of carbonyl (C=O) groups excluding carboxylic acids is 2. The summed E-state index contributed by atoms with van der Waals surface area (Å²) in [5, 5.41) is 13.7. The minimum atomic E-state index is -0.551. The molecule has 25 heavy (non-hydrogen) atoms. The van der Waals surface area contributed by atoms with Crippen LogP contribution >= 0.6 is 11.6 Å². The van der Waals surface area contributed by atoms with E-state index in [2.05, 4.69) is 5.32 Å². The van der Waals surface area contributed by atoms with Crippen LogP contribution in [0.25, 0.3) is 0 Å². The summed E-state index contributed by atoms with van der Waals surface area (Å²) in [4.78, 5) is 37.3. The third kappa shape index (κ3) is 5.14. The Balaban J connectivity index is 1.93. The number of non-ortho nitro benzene ring substituents is 1. The van der Waals surface area contributed by atoms with E-state index in [1.807, 2.05) is 13.8 Å². The SMILES string of the molecule is CC(C)NC(=O)C[NH+]1CCN(C(=O)c2ccc([N+](=O)[O-])cc2Cl)CC1. The van der Waals surface area contributed by atoms with Gasteiger partial charge in [-0.3, -0.25) is 19.7 Å². The number of quaternary nitrogens is 1. The standard InChI is InChI=1S/C16H21ClN4O4/c1-11(2)18-15(22)10-19-5-7-20(8-6-19)16(23)13-4-3-12(21(24)25)9-14(13)17/h3-4,9,11H,5-8,10H2,1-2H3,(H,18,22)/p+1. The number of halogens is 1. The van der Waals surface area contributed by atoms with E-state index in [1.54, 1.807) is 4.90 Å². The number of piperazine rings is 1. The van der Waals surface area contributed by atoms with Crippen molar-refractivity contribution in [2.75, 3.05) is 32.7 Å². The lowest BCUT2D eigenvalue weighted by atomic mass is 10.1. The highest BCUT2D eigenvalue weighted by Gasteiger charge is 2.27. The molecule has 0 atom stereocenters. The van der Waals surface area contributed by atoms with Gasteiger partial charge in [0, 0.05) is 18.2 Å². The summed E-state index contributed by atoms with van der Waals surface area (Å²) in [5.74, 6) is -0.242. The van der Waals surface area contributed by atoms with E-state index in [4.69, 9.17) is 11.6 Å². The topological polar surface area (TPSA) is 97.0 Å². The van der Waals surface area contributed by atoms with Crippen LogP contribution in [0.4, 0.5) is 5.69 Å². The first-order valence-electron chi connectivity index (χ1n) is 8.14. The summed E-state index contributed by atoms with van der Waals surface area (Å²) in [7, 11) is 0. The monoisotopic (exact) mass is 369 g/mol. The number of hydrogen-bond donors (Lipinski definition) is 2. The smallest absolute Gasteiger partial charge is 0.275 e. The largest absolute Gasteiger partial charge is 0.349 e. The molecule has 1 heterocycles. The zero-order chi connectivity index (χ0) is 18.6. The van der Waals surface area contributed by atoms with Crippen LogP contribution < -0.4 is 10.2 Å². The Hall–Kier alpha value is -2.19. The number of hydrogen-bond acceptors (Lipinski definition) is 4. The molecule has 1 saturated heterocycles. The molecule has 0 aliphatic carbocycles. The first kappa shape index (κ1) is 19.1. The summed E-state index contributed by atoms with van der Waals surface area (Å²) < 4.78 is 0. The van der Waals surface area contributed by atoms with Crippen molar-refractivity contribution in [3.63, 3.8) is 0 Å². The van der Waals surface area contributed by atoms with Gasteiger partial charge in [-0.15, -0.1) is 0 Å². The van der Waals surface area contributed by atoms with Gasteiger partial charge in [0.2, 0.25) is 0 Å². The molecule has 1 aromatic rings. The minimum absolute atomic E-state index is 0.00295. The predicted octanol–water partition coefficient (Wildman–Crippen LogP) is 0.114. The Morgan fingerprint density at radius 2 is 2.00 bits per heavy atom. The Kier molecular flexibility index (Phi) is 6.33. The number of rotatable bonds is 5. The third-order valence-electron chi connectivity index (χ3n) is 4.01. The maximum Gasteiger partial charge on any atom is 0.275 e. The van der Waals surface area contributed by atoms with Crippen LogP contribution in [0, 0.1) is 10.1 Å². The fourth-order valence-corrected chi connectivity index (χ4v) is 3.02. The molecule has 0 bridgehead atoms. The van der Waals surface area contributed by atoms with E-state index in [1.165, 1.54) is 18.2 Å². The summed E-state index contributed by atoms with van der Waals surface area (Å²) in [6.07, 6.45) is 0. The highest BCUT2D eigenvalue weighted by atomic mass is 35.5. The van der Waals surface area contributed by atoms with Gasteiger partial charge in [-0.1, -0.05) is 11.6 Å². The van der Waals surface area contributed by atoms with E-state index in [0.717, 1.165) is 4.90 Å². The van der Waals surface area contributed by atoms with Crippen molar-refractivity contribution in [3.05, 3.63) is 38.9 Å². The van der Waals surface area contributed by atoms with Gasteiger partial charge in [-0.25, -0.2) is 0 Å². The second kappa shape index (κ2) is 8.26. The van der Waals surface area contributed by atoms with Crippen molar-refractivity contribution < 1.29 is 19.4 Å². The molecule has 2 amide bonds. The van der Waals surface area contributed by atoms with Crippen molar-refractivity contribution in [2.45, 2.75) is 19.9 Å². The molecule has 0 aromatic heterocycles. The van der Waals surface area contributed by atoms with Gasteiger partial charge in [0.05, 0.1) is 41.7 Å². The van der Waals surface area contributed by atoms with Gasteiger partial charge in [0.1, 0.15) is 0 Å². The number of nitro benzene ring substituents is 1. The van der Waals surface area contributed by atoms with Crippen LogP contribution in [0.3, 0.4) is 0 Å². The predicted molar refractivity (Wildman–Crippen MR) is 92.9 cm³/mol. The lowest BCUT2D eigenvalue weighted by Crippen LogP contribution is -3.15. The average Bonchev–Trinajstić information content (AvgIpc) is 2.54. The zero-order valence-corrected chi connectivity index (χ0v) is 15.0. The number of nitrogens with zero attached hydrogens (tertiary/aromatic N) is 2. The summed E-state index contributed by atoms with van der Waals surface area (Å²) in [6.45, 7) is 6.57. The fraction of sp³-hybridized carbons (Fsp3) is 0.500. The summed E-state index contributed by atoms with van der Waals surface area (Å²) in [5.41, 5.74) is 0.111. The van der Waals surface area contributed by atoms with E-state index in [9.17, 15) is 19.7 Å². The van der Waals surface area contributed by atoms with E-state index in [0.29, 0.717) is 32.7 Å². The van der Waals surface area contributed by atoms with Gasteiger partial charge in [-0.05, 0) is 19.9 Å². The molecule has 0 saturated carbocycles. The van der Waals surface area contributed by atoms with Crippen molar-refractivity contribution in [1.29, 1.82) is 0 Å². The molecule has 1 aliphatic rings. The molecule has 1 aromatic carbocycles. The van der Waals surface area contributed by atoms with Gasteiger partial charge in [0.15, 0.2) is 6.54 Å². The summed E-state index contributed by atoms with van der Waals surface area (Å²) >= 11 is 6.02. The molecule has 1 aliphatic heterocycles. The van der Waals surface area contributed by atoms with Gasteiger partial charge in [-0.2, -0.15) is 0 Å². The minimum Gasteiger partial charge on any atom is -0.349 e. The quantitative estimate of drug-likeness (QED) is 0.569. The van der Waals surface area contributed by atoms with Gasteiger partial charge < -0.3 is 15.1 Å². The van der Waals surface area contributed by atoms with Crippen molar-refractivity contribution in [2.24, 2.45) is 0 Å². The van der Waals surface area contributed by atoms with Crippen molar-refractivity contribution in [3.8, 4) is 0 Å². The Labute approximate surface area is 150 Å². The van der Waals surface area contributed by atoms with Crippen LogP contribution in [0.15, 0.2) is 18.2 Å². The Morgan fingerprint density at radius 1 is 1.36 bits per heavy atom. The summed E-state index contributed by atoms with van der Waals surface area (Å²) in [6, 6.07) is 3.96. The Bertz CT molecular complexity index is 672. The molecule has 0 radical (unpaired) electrons. The molecule has 0 spiro atoms. The lowest BCUT2D eigenvalue weighted by molar-refractivity contribution is -0.896. The average molecular weight is 370 g/mol. The van der Waals surface area contributed by atoms with E-state index in [-0.39, 0.29) is 34.1 Å². The number of nitrogens with one attached hydrogen (secondary N) is 2. The lowest BCUT2D eigenvalue weighted by Gasteiger charge is -2.32. The van der Waals surface area contributed by atoms with Gasteiger partial charge in [0.25, 0.3) is 17.5 Å². The molecule has 0 unspecified atom stereocenters. The second-order valence-electron chi connectivity index (χ2n) is 6.36. The fourth-order valence-electron chi connectivity index (χ4n) is 2.76. The highest BCUT2D eigenvalue weighted by Crippen LogP contribution is 2.23. The number of carbonyl (C=O) groups is 2. The number of amides is 2. The normalized spacial score (nSPS) is 15.3. The molecule has 2 N–H and O–H groups in total. The third-order valence-corrected chi connectivity index (χ3v) is 4.32. The highest BCUT2D eigenvalue weighted by molar-refractivity contribution is 6.34. The van der Waals surface area contributed by atoms with Crippen molar-refractivity contribution in [1.82, 2.24) is 10.2 Å². The number of benzene rings is 1. The molecular weight excluding hydrogens is 348 g/mol.